The summed E-state index contributed by atoms with van der Waals surface area (Å²) >= 11 is 0. The standard InChI is InChI=1S/C10H16O2/c1-7(11)12-10-6-8-4-2-3-5-9(8)10/h8-10H,2-6H2,1H3/t8-,9-,10-/m0/s1. The normalized spacial score (nSPS) is 39.6. The quantitative estimate of drug-likeness (QED) is 0.561. The van der Waals surface area contributed by atoms with Gasteiger partial charge in [-0.25, -0.2) is 0 Å². The zero-order valence-corrected chi connectivity index (χ0v) is 7.58. The molecule has 0 aromatic carbocycles. The van der Waals surface area contributed by atoms with Crippen molar-refractivity contribution in [3.63, 3.8) is 0 Å². The van der Waals surface area contributed by atoms with Gasteiger partial charge < -0.3 is 4.74 Å². The van der Waals surface area contributed by atoms with Crippen LogP contribution in [0.2, 0.25) is 0 Å². The maximum atomic E-state index is 10.7. The van der Waals surface area contributed by atoms with E-state index in [0.29, 0.717) is 5.92 Å². The minimum Gasteiger partial charge on any atom is -0.462 e. The molecule has 68 valence electrons. The van der Waals surface area contributed by atoms with E-state index in [0.717, 1.165) is 12.3 Å². The van der Waals surface area contributed by atoms with Gasteiger partial charge >= 0.3 is 5.97 Å². The molecule has 3 atom stereocenters. The first kappa shape index (κ1) is 8.09. The van der Waals surface area contributed by atoms with Gasteiger partial charge in [-0.3, -0.25) is 4.79 Å². The van der Waals surface area contributed by atoms with E-state index in [-0.39, 0.29) is 12.1 Å². The van der Waals surface area contributed by atoms with Crippen molar-refractivity contribution in [1.29, 1.82) is 0 Å². The minimum atomic E-state index is -0.107. The number of hydrogen-bond donors (Lipinski definition) is 0. The first-order valence-electron chi connectivity index (χ1n) is 4.94. The molecule has 0 N–H and O–H groups in total. The predicted octanol–water partition coefficient (Wildman–Crippen LogP) is 2.13. The Morgan fingerprint density at radius 3 is 2.75 bits per heavy atom. The van der Waals surface area contributed by atoms with Crippen LogP contribution in [0.5, 0.6) is 0 Å². The summed E-state index contributed by atoms with van der Waals surface area (Å²) in [6.45, 7) is 1.51. The number of carbonyl (C=O) groups excluding carboxylic acids is 1. The molecule has 0 saturated heterocycles. The second-order valence-electron chi connectivity index (χ2n) is 4.09. The SMILES string of the molecule is CC(=O)O[C@H]1C[C@@H]2CCCC[C@@H]21. The summed E-state index contributed by atoms with van der Waals surface area (Å²) < 4.78 is 5.22. The summed E-state index contributed by atoms with van der Waals surface area (Å²) in [5, 5.41) is 0. The molecule has 2 nitrogen and oxygen atoms in total. The average Bonchev–Trinajstić information content (AvgIpc) is 2.00. The van der Waals surface area contributed by atoms with Crippen LogP contribution in [0.3, 0.4) is 0 Å². The number of fused-ring (bicyclic) bond motifs is 1. The molecule has 0 aromatic heterocycles. The van der Waals surface area contributed by atoms with Crippen LogP contribution in [0.1, 0.15) is 39.0 Å². The van der Waals surface area contributed by atoms with Gasteiger partial charge in [-0.05, 0) is 31.1 Å². The third-order valence-corrected chi connectivity index (χ3v) is 3.30. The fraction of sp³-hybridized carbons (Fsp3) is 0.900. The van der Waals surface area contributed by atoms with E-state index in [1.54, 1.807) is 0 Å². The summed E-state index contributed by atoms with van der Waals surface area (Å²) in [6.07, 6.45) is 6.76. The molecular formula is C10H16O2. The maximum absolute atomic E-state index is 10.7. The smallest absolute Gasteiger partial charge is 0.302 e. The lowest BCUT2D eigenvalue weighted by Crippen LogP contribution is -2.45. The summed E-state index contributed by atoms with van der Waals surface area (Å²) in [4.78, 5) is 10.7. The summed E-state index contributed by atoms with van der Waals surface area (Å²) in [5.41, 5.74) is 0. The molecule has 0 unspecified atom stereocenters. The Kier molecular flexibility index (Phi) is 2.07. The Hall–Kier alpha value is -0.530. The van der Waals surface area contributed by atoms with Crippen molar-refractivity contribution in [1.82, 2.24) is 0 Å². The fourth-order valence-corrected chi connectivity index (χ4v) is 2.64. The Morgan fingerprint density at radius 1 is 1.33 bits per heavy atom. The molecule has 0 amide bonds. The van der Waals surface area contributed by atoms with Gasteiger partial charge in [-0.1, -0.05) is 12.8 Å². The van der Waals surface area contributed by atoms with Gasteiger partial charge in [-0.2, -0.15) is 0 Å². The van der Waals surface area contributed by atoms with Gasteiger partial charge in [0.05, 0.1) is 0 Å². The minimum absolute atomic E-state index is 0.107. The van der Waals surface area contributed by atoms with Crippen LogP contribution < -0.4 is 0 Å². The monoisotopic (exact) mass is 168 g/mol. The number of carbonyl (C=O) groups is 1. The fourth-order valence-electron chi connectivity index (χ4n) is 2.64. The molecule has 2 aliphatic rings. The molecule has 0 aromatic rings. The lowest BCUT2D eigenvalue weighted by Gasteiger charge is -2.46. The van der Waals surface area contributed by atoms with E-state index in [2.05, 4.69) is 0 Å². The highest BCUT2D eigenvalue weighted by Crippen LogP contribution is 2.46. The van der Waals surface area contributed by atoms with Crippen LogP contribution in [0.15, 0.2) is 0 Å². The average molecular weight is 168 g/mol. The van der Waals surface area contributed by atoms with Gasteiger partial charge in [0.1, 0.15) is 6.10 Å². The third kappa shape index (κ3) is 1.35. The van der Waals surface area contributed by atoms with E-state index in [4.69, 9.17) is 4.74 Å². The second kappa shape index (κ2) is 3.08. The molecule has 2 fully saturated rings. The maximum Gasteiger partial charge on any atom is 0.302 e. The molecule has 0 bridgehead atoms. The molecule has 0 aliphatic heterocycles. The number of ether oxygens (including phenoxy) is 1. The van der Waals surface area contributed by atoms with Crippen molar-refractivity contribution in [2.45, 2.75) is 45.1 Å². The molecule has 2 saturated carbocycles. The van der Waals surface area contributed by atoms with Crippen LogP contribution >= 0.6 is 0 Å². The highest BCUT2D eigenvalue weighted by Gasteiger charge is 2.43. The highest BCUT2D eigenvalue weighted by atomic mass is 16.5. The van der Waals surface area contributed by atoms with E-state index >= 15 is 0 Å². The summed E-state index contributed by atoms with van der Waals surface area (Å²) in [5.74, 6) is 1.48. The lowest BCUT2D eigenvalue weighted by molar-refractivity contribution is -0.163. The third-order valence-electron chi connectivity index (χ3n) is 3.30. The van der Waals surface area contributed by atoms with E-state index in [9.17, 15) is 4.79 Å². The van der Waals surface area contributed by atoms with Gasteiger partial charge in [-0.15, -0.1) is 0 Å². The molecule has 2 heteroatoms. The van der Waals surface area contributed by atoms with E-state index in [1.165, 1.54) is 32.6 Å². The predicted molar refractivity (Wildman–Crippen MR) is 45.6 cm³/mol. The first-order chi connectivity index (χ1) is 5.77. The summed E-state index contributed by atoms with van der Waals surface area (Å²) in [6, 6.07) is 0. The highest BCUT2D eigenvalue weighted by molar-refractivity contribution is 5.66. The van der Waals surface area contributed by atoms with Crippen molar-refractivity contribution in [3.05, 3.63) is 0 Å². The van der Waals surface area contributed by atoms with Gasteiger partial charge in [0.25, 0.3) is 0 Å². The van der Waals surface area contributed by atoms with Crippen molar-refractivity contribution in [3.8, 4) is 0 Å². The Balaban J connectivity index is 1.84. The van der Waals surface area contributed by atoms with Gasteiger partial charge in [0, 0.05) is 6.92 Å². The van der Waals surface area contributed by atoms with Crippen molar-refractivity contribution < 1.29 is 9.53 Å². The Morgan fingerprint density at radius 2 is 2.08 bits per heavy atom. The first-order valence-corrected chi connectivity index (χ1v) is 4.94. The van der Waals surface area contributed by atoms with Crippen LogP contribution in [0.4, 0.5) is 0 Å². The molecule has 0 radical (unpaired) electrons. The number of esters is 1. The second-order valence-corrected chi connectivity index (χ2v) is 4.09. The number of rotatable bonds is 1. The zero-order valence-electron chi connectivity index (χ0n) is 7.58. The van der Waals surface area contributed by atoms with Crippen LogP contribution in [-0.4, -0.2) is 12.1 Å². The zero-order chi connectivity index (χ0) is 8.55. The molecule has 2 rings (SSSR count). The lowest BCUT2D eigenvalue weighted by atomic mass is 9.63. The van der Waals surface area contributed by atoms with Crippen molar-refractivity contribution in [2.75, 3.05) is 0 Å². The summed E-state index contributed by atoms with van der Waals surface area (Å²) in [7, 11) is 0. The molecule has 2 aliphatic carbocycles. The van der Waals surface area contributed by atoms with Crippen molar-refractivity contribution in [2.24, 2.45) is 11.8 Å². The molecule has 0 heterocycles. The van der Waals surface area contributed by atoms with Crippen molar-refractivity contribution >= 4 is 5.97 Å². The molecule has 12 heavy (non-hydrogen) atoms. The van der Waals surface area contributed by atoms with E-state index in [1.807, 2.05) is 0 Å². The van der Waals surface area contributed by atoms with Gasteiger partial charge in [0.2, 0.25) is 0 Å². The largest absolute Gasteiger partial charge is 0.462 e. The van der Waals surface area contributed by atoms with Gasteiger partial charge in [0.15, 0.2) is 0 Å². The Labute approximate surface area is 73.3 Å². The molecule has 0 spiro atoms. The Bertz CT molecular complexity index is 188. The van der Waals surface area contributed by atoms with E-state index < -0.39 is 0 Å². The van der Waals surface area contributed by atoms with Crippen LogP contribution in [0, 0.1) is 11.8 Å². The topological polar surface area (TPSA) is 26.3 Å². The van der Waals surface area contributed by atoms with Crippen LogP contribution in [-0.2, 0) is 9.53 Å². The molecular weight excluding hydrogens is 152 g/mol. The number of hydrogen-bond acceptors (Lipinski definition) is 2. The van der Waals surface area contributed by atoms with Crippen LogP contribution in [0.25, 0.3) is 0 Å².